The van der Waals surface area contributed by atoms with Crippen molar-refractivity contribution in [3.8, 4) is 39.1 Å². The van der Waals surface area contributed by atoms with Gasteiger partial charge in [0.1, 0.15) is 0 Å². The lowest BCUT2D eigenvalue weighted by atomic mass is 9.81. The molecule has 0 radical (unpaired) electrons. The third-order valence-electron chi connectivity index (χ3n) is 13.4. The van der Waals surface area contributed by atoms with Crippen LogP contribution in [0.4, 0.5) is 17.1 Å². The molecule has 2 aliphatic rings. The van der Waals surface area contributed by atoms with E-state index in [0.717, 1.165) is 35.6 Å². The number of allylic oxidation sites excluding steroid dienone is 1. The zero-order chi connectivity index (χ0) is 40.7. The molecule has 0 N–H and O–H groups in total. The van der Waals surface area contributed by atoms with E-state index in [1.54, 1.807) is 0 Å². The van der Waals surface area contributed by atoms with Crippen LogP contribution in [0, 0.1) is 0 Å². The number of aryl methyl sites for hydroxylation is 1. The largest absolute Gasteiger partial charge is 0.310 e. The quantitative estimate of drug-likeness (QED) is 0.153. The van der Waals surface area contributed by atoms with Gasteiger partial charge in [0.15, 0.2) is 0 Å². The van der Waals surface area contributed by atoms with E-state index in [1.807, 2.05) is 0 Å². The first-order valence-electron chi connectivity index (χ1n) is 21.6. The molecule has 12 rings (SSSR count). The lowest BCUT2D eigenvalue weighted by molar-refractivity contribution is 0.660. The summed E-state index contributed by atoms with van der Waals surface area (Å²) in [5, 5.41) is 6.44. The molecule has 0 atom stereocenters. The van der Waals surface area contributed by atoms with Gasteiger partial charge in [0, 0.05) is 39.2 Å². The lowest BCUT2D eigenvalue weighted by Crippen LogP contribution is -2.14. The highest BCUT2D eigenvalue weighted by molar-refractivity contribution is 6.12. The van der Waals surface area contributed by atoms with Crippen LogP contribution in [-0.2, 0) is 11.8 Å². The van der Waals surface area contributed by atoms with Crippen LogP contribution in [0.2, 0.25) is 0 Å². The van der Waals surface area contributed by atoms with E-state index in [1.165, 1.54) is 88.2 Å². The molecule has 0 saturated carbocycles. The second-order valence-electron chi connectivity index (χ2n) is 17.2. The fourth-order valence-electron chi connectivity index (χ4n) is 10.5. The third-order valence-corrected chi connectivity index (χ3v) is 13.4. The minimum absolute atomic E-state index is 0.0675. The van der Waals surface area contributed by atoms with Crippen LogP contribution in [0.3, 0.4) is 0 Å². The maximum absolute atomic E-state index is 2.45. The van der Waals surface area contributed by atoms with Crippen molar-refractivity contribution in [1.29, 1.82) is 0 Å². The highest BCUT2D eigenvalue weighted by Crippen LogP contribution is 2.50. The first kappa shape index (κ1) is 35.5. The van der Waals surface area contributed by atoms with Crippen LogP contribution in [0.5, 0.6) is 0 Å². The van der Waals surface area contributed by atoms with Crippen molar-refractivity contribution < 1.29 is 0 Å². The van der Waals surface area contributed by atoms with E-state index in [9.17, 15) is 0 Å². The van der Waals surface area contributed by atoms with Crippen LogP contribution < -0.4 is 4.90 Å². The SMILES string of the molecule is CC1(C)c2ccccc2-c2ccc(-c3cccc(N(c4ccc(-c5cccc6c5ccc5ccccc56)cc4)c4cccc(-n5c6c(c7ccccc75)CCC=C6)c4)c3)cc21. The smallest absolute Gasteiger partial charge is 0.0537 e. The molecular formula is C59H44N2. The number of aromatic nitrogens is 1. The van der Waals surface area contributed by atoms with Crippen molar-refractivity contribution in [2.75, 3.05) is 4.90 Å². The summed E-state index contributed by atoms with van der Waals surface area (Å²) in [6, 6.07) is 72.1. The Bertz CT molecular complexity index is 3400. The van der Waals surface area contributed by atoms with E-state index in [4.69, 9.17) is 0 Å². The van der Waals surface area contributed by atoms with Gasteiger partial charge in [-0.3, -0.25) is 0 Å². The summed E-state index contributed by atoms with van der Waals surface area (Å²) in [6.07, 6.45) is 6.77. The fraction of sp³-hybridized carbons (Fsp3) is 0.0847. The van der Waals surface area contributed by atoms with E-state index in [2.05, 4.69) is 230 Å². The molecule has 0 unspecified atom stereocenters. The molecule has 0 spiro atoms. The monoisotopic (exact) mass is 780 g/mol. The van der Waals surface area contributed by atoms with Crippen LogP contribution in [0.25, 0.3) is 77.6 Å². The molecule has 1 heterocycles. The van der Waals surface area contributed by atoms with Gasteiger partial charge < -0.3 is 9.47 Å². The maximum Gasteiger partial charge on any atom is 0.0537 e. The van der Waals surface area contributed by atoms with Gasteiger partial charge in [0.2, 0.25) is 0 Å². The van der Waals surface area contributed by atoms with E-state index in [0.29, 0.717) is 0 Å². The number of nitrogens with zero attached hydrogens (tertiary/aromatic N) is 2. The first-order chi connectivity index (χ1) is 30.0. The Hall–Kier alpha value is -7.42. The molecule has 0 amide bonds. The van der Waals surface area contributed by atoms with Crippen LogP contribution in [0.15, 0.2) is 200 Å². The molecular weight excluding hydrogens is 737 g/mol. The first-order valence-corrected chi connectivity index (χ1v) is 21.6. The summed E-state index contributed by atoms with van der Waals surface area (Å²) in [5.74, 6) is 0. The summed E-state index contributed by atoms with van der Waals surface area (Å²) in [7, 11) is 0. The molecule has 0 saturated heterocycles. The predicted octanol–water partition coefficient (Wildman–Crippen LogP) is 16.0. The van der Waals surface area contributed by atoms with Crippen molar-refractivity contribution >= 4 is 55.6 Å². The highest BCUT2D eigenvalue weighted by atomic mass is 15.1. The molecule has 61 heavy (non-hydrogen) atoms. The Kier molecular flexibility index (Phi) is 8.05. The van der Waals surface area contributed by atoms with Gasteiger partial charge in [-0.25, -0.2) is 0 Å². The number of rotatable bonds is 6. The zero-order valence-corrected chi connectivity index (χ0v) is 34.4. The van der Waals surface area contributed by atoms with Gasteiger partial charge in [0.25, 0.3) is 0 Å². The van der Waals surface area contributed by atoms with E-state index < -0.39 is 0 Å². The number of para-hydroxylation sites is 1. The Morgan fingerprint density at radius 2 is 1.15 bits per heavy atom. The second kappa shape index (κ2) is 13.8. The Morgan fingerprint density at radius 3 is 2.05 bits per heavy atom. The molecule has 290 valence electrons. The number of hydrogen-bond acceptors (Lipinski definition) is 1. The highest BCUT2D eigenvalue weighted by Gasteiger charge is 2.35. The van der Waals surface area contributed by atoms with Gasteiger partial charge in [-0.05, 0) is 145 Å². The minimum atomic E-state index is -0.0675. The van der Waals surface area contributed by atoms with Gasteiger partial charge in [-0.2, -0.15) is 0 Å². The molecule has 10 aromatic rings. The molecule has 2 heteroatoms. The normalized spacial score (nSPS) is 13.7. The Morgan fingerprint density at radius 1 is 0.459 bits per heavy atom. The van der Waals surface area contributed by atoms with Crippen LogP contribution >= 0.6 is 0 Å². The number of benzene rings is 9. The lowest BCUT2D eigenvalue weighted by Gasteiger charge is -2.27. The van der Waals surface area contributed by atoms with Crippen molar-refractivity contribution in [3.63, 3.8) is 0 Å². The van der Waals surface area contributed by atoms with Crippen LogP contribution in [0.1, 0.15) is 42.7 Å². The van der Waals surface area contributed by atoms with E-state index in [-0.39, 0.29) is 5.41 Å². The third kappa shape index (κ3) is 5.63. The van der Waals surface area contributed by atoms with Crippen molar-refractivity contribution in [2.24, 2.45) is 0 Å². The summed E-state index contributed by atoms with van der Waals surface area (Å²) in [6.45, 7) is 4.72. The summed E-state index contributed by atoms with van der Waals surface area (Å²) in [5.41, 5.74) is 18.7. The van der Waals surface area contributed by atoms with Crippen LogP contribution in [-0.4, -0.2) is 4.57 Å². The van der Waals surface area contributed by atoms with Gasteiger partial charge in [-0.1, -0.05) is 159 Å². The minimum Gasteiger partial charge on any atom is -0.310 e. The zero-order valence-electron chi connectivity index (χ0n) is 34.4. The number of fused-ring (bicyclic) bond motifs is 9. The number of anilines is 3. The molecule has 1 aromatic heterocycles. The van der Waals surface area contributed by atoms with Gasteiger partial charge >= 0.3 is 0 Å². The summed E-state index contributed by atoms with van der Waals surface area (Å²) >= 11 is 0. The topological polar surface area (TPSA) is 8.17 Å². The molecule has 0 fully saturated rings. The van der Waals surface area contributed by atoms with Gasteiger partial charge in [0.05, 0.1) is 5.52 Å². The maximum atomic E-state index is 2.45. The molecule has 2 aliphatic carbocycles. The number of hydrogen-bond donors (Lipinski definition) is 0. The van der Waals surface area contributed by atoms with Gasteiger partial charge in [-0.15, -0.1) is 0 Å². The summed E-state index contributed by atoms with van der Waals surface area (Å²) in [4.78, 5) is 2.43. The molecule has 0 aliphatic heterocycles. The van der Waals surface area contributed by atoms with E-state index >= 15 is 0 Å². The Balaban J connectivity index is 1.00. The van der Waals surface area contributed by atoms with Crippen molar-refractivity contribution in [3.05, 3.63) is 223 Å². The molecule has 9 aromatic carbocycles. The average molecular weight is 781 g/mol. The molecule has 2 nitrogen and oxygen atoms in total. The summed E-state index contributed by atoms with van der Waals surface area (Å²) < 4.78 is 2.45. The van der Waals surface area contributed by atoms with Crippen molar-refractivity contribution in [1.82, 2.24) is 4.57 Å². The predicted molar refractivity (Wildman–Crippen MR) is 259 cm³/mol. The second-order valence-corrected chi connectivity index (χ2v) is 17.2. The Labute approximate surface area is 357 Å². The van der Waals surface area contributed by atoms with Crippen molar-refractivity contribution in [2.45, 2.75) is 32.1 Å². The average Bonchev–Trinajstić information content (AvgIpc) is 3.77. The standard InChI is InChI=1S/C59H44N2/c1-59(2)55-25-8-5-20-51(55)52-35-31-42(37-56(52)59)41-15-11-16-44(36-41)60(45-17-12-18-46(38-45)61-57-26-9-6-21-53(57)54-22-7-10-27-58(54)61)43-32-28-40(29-33-43)48-23-13-24-49-47-19-4-3-14-39(47)30-34-50(48)49/h3-6,8-21,23-38H,7,22H2,1-2H3. The molecule has 0 bridgehead atoms. The fourth-order valence-corrected chi connectivity index (χ4v) is 10.5.